The Morgan fingerprint density at radius 1 is 1.00 bits per heavy atom. The van der Waals surface area contributed by atoms with E-state index in [1.54, 1.807) is 18.2 Å². The molecular formula is C20H23N5O3. The first kappa shape index (κ1) is 18.4. The average Bonchev–Trinajstić information content (AvgIpc) is 3.29. The number of carbonyl (C=O) groups excluding carboxylic acids is 2. The maximum absolute atomic E-state index is 12.4. The van der Waals surface area contributed by atoms with Crippen molar-refractivity contribution in [2.24, 2.45) is 0 Å². The van der Waals surface area contributed by atoms with Gasteiger partial charge in [-0.15, -0.1) is 10.2 Å². The van der Waals surface area contributed by atoms with Crippen LogP contribution in [0.5, 0.6) is 0 Å². The molecule has 2 fully saturated rings. The lowest BCUT2D eigenvalue weighted by molar-refractivity contribution is -0.141. The zero-order valence-electron chi connectivity index (χ0n) is 15.6. The van der Waals surface area contributed by atoms with Gasteiger partial charge in [-0.3, -0.25) is 9.59 Å². The van der Waals surface area contributed by atoms with Crippen molar-refractivity contribution in [2.45, 2.75) is 18.9 Å². The molecule has 0 radical (unpaired) electrons. The van der Waals surface area contributed by atoms with Gasteiger partial charge in [-0.2, -0.15) is 0 Å². The summed E-state index contributed by atoms with van der Waals surface area (Å²) in [6, 6.07) is 12.6. The number of hydrogen-bond acceptors (Lipinski definition) is 6. The molecule has 0 aliphatic carbocycles. The van der Waals surface area contributed by atoms with Gasteiger partial charge in [0.2, 0.25) is 0 Å². The second-order valence-corrected chi connectivity index (χ2v) is 6.91. The molecule has 1 N–H and O–H groups in total. The predicted molar refractivity (Wildman–Crippen MR) is 104 cm³/mol. The van der Waals surface area contributed by atoms with Crippen LogP contribution in [-0.4, -0.2) is 65.8 Å². The van der Waals surface area contributed by atoms with Gasteiger partial charge in [-0.1, -0.05) is 18.2 Å². The van der Waals surface area contributed by atoms with Crippen LogP contribution in [0.2, 0.25) is 0 Å². The molecule has 8 nitrogen and oxygen atoms in total. The van der Waals surface area contributed by atoms with Crippen molar-refractivity contribution in [3.63, 3.8) is 0 Å². The molecule has 2 saturated heterocycles. The van der Waals surface area contributed by atoms with Gasteiger partial charge in [0.1, 0.15) is 6.10 Å². The number of piperazine rings is 1. The Bertz CT molecular complexity index is 813. The molecular weight excluding hydrogens is 358 g/mol. The first-order chi connectivity index (χ1) is 13.7. The van der Waals surface area contributed by atoms with E-state index in [2.05, 4.69) is 20.4 Å². The molecule has 8 heteroatoms. The fraction of sp³-hybridized carbons (Fsp3) is 0.400. The van der Waals surface area contributed by atoms with Gasteiger partial charge in [-0.05, 0) is 37.1 Å². The Labute approximate surface area is 163 Å². The van der Waals surface area contributed by atoms with E-state index in [0.29, 0.717) is 44.2 Å². The van der Waals surface area contributed by atoms with Crippen molar-refractivity contribution in [3.05, 3.63) is 48.0 Å². The molecule has 1 aromatic carbocycles. The Morgan fingerprint density at radius 3 is 2.43 bits per heavy atom. The highest BCUT2D eigenvalue weighted by Gasteiger charge is 2.30. The molecule has 0 spiro atoms. The van der Waals surface area contributed by atoms with E-state index in [1.165, 1.54) is 0 Å². The summed E-state index contributed by atoms with van der Waals surface area (Å²) >= 11 is 0. The number of anilines is 2. The zero-order valence-corrected chi connectivity index (χ0v) is 15.6. The summed E-state index contributed by atoms with van der Waals surface area (Å²) in [5.74, 6) is 1.03. The smallest absolute Gasteiger partial charge is 0.256 e. The summed E-state index contributed by atoms with van der Waals surface area (Å²) in [6.45, 7) is 3.37. The Morgan fingerprint density at radius 2 is 1.79 bits per heavy atom. The minimum Gasteiger partial charge on any atom is -0.368 e. The molecule has 2 aliphatic heterocycles. The molecule has 28 heavy (non-hydrogen) atoms. The number of ether oxygens (including phenoxy) is 1. The molecule has 2 aromatic rings. The number of amides is 2. The minimum atomic E-state index is -0.265. The summed E-state index contributed by atoms with van der Waals surface area (Å²) in [7, 11) is 0. The fourth-order valence-corrected chi connectivity index (χ4v) is 3.47. The van der Waals surface area contributed by atoms with Gasteiger partial charge in [0.25, 0.3) is 11.8 Å². The van der Waals surface area contributed by atoms with Crippen molar-refractivity contribution in [2.75, 3.05) is 43.0 Å². The van der Waals surface area contributed by atoms with Gasteiger partial charge < -0.3 is 19.9 Å². The van der Waals surface area contributed by atoms with Gasteiger partial charge in [0, 0.05) is 38.3 Å². The maximum atomic E-state index is 12.4. The van der Waals surface area contributed by atoms with Crippen LogP contribution in [-0.2, 0) is 9.53 Å². The molecule has 146 valence electrons. The highest BCUT2D eigenvalue weighted by molar-refractivity contribution is 6.03. The summed E-state index contributed by atoms with van der Waals surface area (Å²) < 4.78 is 5.49. The summed E-state index contributed by atoms with van der Waals surface area (Å²) in [5, 5.41) is 11.1. The number of rotatable bonds is 4. The average molecular weight is 381 g/mol. The van der Waals surface area contributed by atoms with Gasteiger partial charge in [0.05, 0.1) is 0 Å². The summed E-state index contributed by atoms with van der Waals surface area (Å²) in [6.07, 6.45) is 1.51. The van der Waals surface area contributed by atoms with Crippen molar-refractivity contribution < 1.29 is 14.3 Å². The van der Waals surface area contributed by atoms with E-state index in [4.69, 9.17) is 4.74 Å². The first-order valence-corrected chi connectivity index (χ1v) is 9.56. The maximum Gasteiger partial charge on any atom is 0.256 e. The van der Waals surface area contributed by atoms with Gasteiger partial charge in [-0.25, -0.2) is 0 Å². The van der Waals surface area contributed by atoms with Gasteiger partial charge >= 0.3 is 0 Å². The largest absolute Gasteiger partial charge is 0.368 e. The Hall–Kier alpha value is -3.00. The van der Waals surface area contributed by atoms with Crippen molar-refractivity contribution in [1.29, 1.82) is 0 Å². The minimum absolute atomic E-state index is 0.0993. The van der Waals surface area contributed by atoms with Crippen molar-refractivity contribution in [3.8, 4) is 0 Å². The number of benzene rings is 1. The molecule has 1 atom stereocenters. The summed E-state index contributed by atoms with van der Waals surface area (Å²) in [5.41, 5.74) is 0.570. The third-order valence-electron chi connectivity index (χ3n) is 5.05. The fourth-order valence-electron chi connectivity index (χ4n) is 3.47. The highest BCUT2D eigenvalue weighted by atomic mass is 16.5. The third-order valence-corrected chi connectivity index (χ3v) is 5.05. The first-order valence-electron chi connectivity index (χ1n) is 9.56. The normalized spacial score (nSPS) is 19.5. The lowest BCUT2D eigenvalue weighted by atomic mass is 10.2. The number of nitrogens with zero attached hydrogens (tertiary/aromatic N) is 4. The zero-order chi connectivity index (χ0) is 19.3. The SMILES string of the molecule is O=C(Nc1ccc(N2CCN(C(=O)[C@@H]3CCCO3)CC2)nn1)c1ccccc1. The molecule has 2 amide bonds. The van der Waals surface area contributed by atoms with Crippen LogP contribution < -0.4 is 10.2 Å². The molecule has 0 saturated carbocycles. The standard InChI is InChI=1S/C20H23N5O3/c26-19(15-5-2-1-3-6-15)21-17-8-9-18(23-22-17)24-10-12-25(13-11-24)20(27)16-7-4-14-28-16/h1-3,5-6,8-9,16H,4,7,10-14H2,(H,21,22,26)/t16-/m0/s1. The van der Waals surface area contributed by atoms with E-state index in [9.17, 15) is 9.59 Å². The van der Waals surface area contributed by atoms with Crippen molar-refractivity contribution in [1.82, 2.24) is 15.1 Å². The number of hydrogen-bond donors (Lipinski definition) is 1. The molecule has 2 aliphatic rings. The van der Waals surface area contributed by atoms with E-state index in [0.717, 1.165) is 18.7 Å². The number of carbonyl (C=O) groups is 2. The van der Waals surface area contributed by atoms with E-state index in [1.807, 2.05) is 29.2 Å². The van der Waals surface area contributed by atoms with E-state index >= 15 is 0 Å². The molecule has 1 aromatic heterocycles. The van der Waals surface area contributed by atoms with Crippen LogP contribution in [0.3, 0.4) is 0 Å². The molecule has 0 unspecified atom stereocenters. The monoisotopic (exact) mass is 381 g/mol. The van der Waals surface area contributed by atoms with Crippen molar-refractivity contribution >= 4 is 23.5 Å². The third kappa shape index (κ3) is 4.12. The quantitative estimate of drug-likeness (QED) is 0.865. The number of nitrogens with one attached hydrogen (secondary N) is 1. The van der Waals surface area contributed by atoms with Crippen LogP contribution in [0.25, 0.3) is 0 Å². The van der Waals surface area contributed by atoms with Crippen LogP contribution >= 0.6 is 0 Å². The second-order valence-electron chi connectivity index (χ2n) is 6.91. The van der Waals surface area contributed by atoms with E-state index < -0.39 is 0 Å². The molecule has 4 rings (SSSR count). The Kier molecular flexibility index (Phi) is 5.48. The van der Waals surface area contributed by atoms with Gasteiger partial charge in [0.15, 0.2) is 11.6 Å². The van der Waals surface area contributed by atoms with Crippen LogP contribution in [0.15, 0.2) is 42.5 Å². The molecule has 0 bridgehead atoms. The predicted octanol–water partition coefficient (Wildman–Crippen LogP) is 1.56. The Balaban J connectivity index is 1.31. The lowest BCUT2D eigenvalue weighted by Gasteiger charge is -2.36. The second kappa shape index (κ2) is 8.35. The molecule has 3 heterocycles. The van der Waals surface area contributed by atoms with Crippen LogP contribution in [0.1, 0.15) is 23.2 Å². The summed E-state index contributed by atoms with van der Waals surface area (Å²) in [4.78, 5) is 28.6. The van der Waals surface area contributed by atoms with E-state index in [-0.39, 0.29) is 17.9 Å². The van der Waals surface area contributed by atoms with Crippen LogP contribution in [0.4, 0.5) is 11.6 Å². The number of aromatic nitrogens is 2. The van der Waals surface area contributed by atoms with Crippen LogP contribution in [0, 0.1) is 0 Å². The lowest BCUT2D eigenvalue weighted by Crippen LogP contribution is -2.51. The topological polar surface area (TPSA) is 87.7 Å². The highest BCUT2D eigenvalue weighted by Crippen LogP contribution is 2.18.